The zero-order chi connectivity index (χ0) is 11.4. The molecule has 0 aliphatic heterocycles. The summed E-state index contributed by atoms with van der Waals surface area (Å²) in [5, 5.41) is 18.7. The highest BCUT2D eigenvalue weighted by atomic mass is 16.3. The minimum atomic E-state index is -0.823. The fraction of sp³-hybridized carbons (Fsp3) is 0.143. The molecule has 0 amide bonds. The van der Waals surface area contributed by atoms with Gasteiger partial charge in [-0.15, -0.1) is 0 Å². The van der Waals surface area contributed by atoms with Gasteiger partial charge in [-0.05, 0) is 16.7 Å². The highest BCUT2D eigenvalue weighted by Crippen LogP contribution is 2.27. The Bertz CT molecular complexity index is 451. The molecule has 0 heterocycles. The van der Waals surface area contributed by atoms with Crippen molar-refractivity contribution >= 4 is 0 Å². The Morgan fingerprint density at radius 3 is 2.19 bits per heavy atom. The lowest BCUT2D eigenvalue weighted by Crippen LogP contribution is -2.04. The Balaban J connectivity index is 2.49. The van der Waals surface area contributed by atoms with Crippen LogP contribution in [-0.4, -0.2) is 16.8 Å². The van der Waals surface area contributed by atoms with E-state index in [0.717, 1.165) is 16.7 Å². The van der Waals surface area contributed by atoms with E-state index in [1.165, 1.54) is 0 Å². The topological polar surface area (TPSA) is 40.5 Å². The van der Waals surface area contributed by atoms with E-state index in [0.29, 0.717) is 0 Å². The van der Waals surface area contributed by atoms with Crippen molar-refractivity contribution in [3.05, 3.63) is 60.2 Å². The van der Waals surface area contributed by atoms with Gasteiger partial charge in [0.2, 0.25) is 0 Å². The molecule has 0 radical (unpaired) electrons. The molecule has 0 aliphatic rings. The molecule has 2 nitrogen and oxygen atoms in total. The second kappa shape index (κ2) is 4.92. The quantitative estimate of drug-likeness (QED) is 0.823. The number of hydrogen-bond donors (Lipinski definition) is 2. The van der Waals surface area contributed by atoms with Crippen LogP contribution in [0, 0.1) is 0 Å². The fourth-order valence-corrected chi connectivity index (χ4v) is 1.77. The first-order chi connectivity index (χ1) is 7.83. The second-order valence-corrected chi connectivity index (χ2v) is 3.65. The van der Waals surface area contributed by atoms with Crippen LogP contribution >= 0.6 is 0 Å². The lowest BCUT2D eigenvalue weighted by Gasteiger charge is -2.13. The maximum absolute atomic E-state index is 9.72. The van der Waals surface area contributed by atoms with Crippen LogP contribution in [0.5, 0.6) is 0 Å². The molecule has 1 unspecified atom stereocenters. The first-order valence-electron chi connectivity index (χ1n) is 5.26. The molecule has 2 aromatic rings. The predicted molar refractivity (Wildman–Crippen MR) is 63.9 cm³/mol. The Hall–Kier alpha value is -1.64. The molecule has 2 heteroatoms. The van der Waals surface area contributed by atoms with Gasteiger partial charge in [0.25, 0.3) is 0 Å². The number of aliphatic hydroxyl groups excluding tert-OH is 2. The molecule has 2 aromatic carbocycles. The van der Waals surface area contributed by atoms with Gasteiger partial charge >= 0.3 is 0 Å². The first kappa shape index (κ1) is 10.9. The summed E-state index contributed by atoms with van der Waals surface area (Å²) in [4.78, 5) is 0. The third-order valence-corrected chi connectivity index (χ3v) is 2.58. The maximum Gasteiger partial charge on any atom is 0.103 e. The third kappa shape index (κ3) is 2.13. The number of aliphatic hydroxyl groups is 2. The van der Waals surface area contributed by atoms with Crippen molar-refractivity contribution in [2.24, 2.45) is 0 Å². The number of benzene rings is 2. The Labute approximate surface area is 94.8 Å². The van der Waals surface area contributed by atoms with E-state index >= 15 is 0 Å². The molecule has 2 rings (SSSR count). The molecule has 2 N–H and O–H groups in total. The second-order valence-electron chi connectivity index (χ2n) is 3.65. The minimum Gasteiger partial charge on any atom is -0.393 e. The standard InChI is InChI=1S/C14H14O2/c15-10-14(16)13-9-5-4-8-12(13)11-6-2-1-3-7-11/h1-9,14-16H,10H2. The van der Waals surface area contributed by atoms with Crippen molar-refractivity contribution in [3.63, 3.8) is 0 Å². The molecule has 0 aromatic heterocycles. The van der Waals surface area contributed by atoms with E-state index in [9.17, 15) is 5.11 Å². The van der Waals surface area contributed by atoms with Crippen LogP contribution in [0.4, 0.5) is 0 Å². The maximum atomic E-state index is 9.72. The monoisotopic (exact) mass is 214 g/mol. The fourth-order valence-electron chi connectivity index (χ4n) is 1.77. The Morgan fingerprint density at radius 2 is 1.50 bits per heavy atom. The average Bonchev–Trinajstić information content (AvgIpc) is 2.39. The van der Waals surface area contributed by atoms with Gasteiger partial charge < -0.3 is 10.2 Å². The highest BCUT2D eigenvalue weighted by molar-refractivity contribution is 5.67. The molecule has 0 bridgehead atoms. The van der Waals surface area contributed by atoms with Gasteiger partial charge in [0, 0.05) is 0 Å². The minimum absolute atomic E-state index is 0.260. The van der Waals surface area contributed by atoms with Crippen molar-refractivity contribution < 1.29 is 10.2 Å². The molecule has 82 valence electrons. The summed E-state index contributed by atoms with van der Waals surface area (Å²) in [6, 6.07) is 17.4. The van der Waals surface area contributed by atoms with Crippen LogP contribution in [0.2, 0.25) is 0 Å². The number of rotatable bonds is 3. The Kier molecular flexibility index (Phi) is 3.34. The molecule has 0 fully saturated rings. The molecule has 1 atom stereocenters. The van der Waals surface area contributed by atoms with Crippen molar-refractivity contribution in [1.29, 1.82) is 0 Å². The first-order valence-corrected chi connectivity index (χ1v) is 5.26. The van der Waals surface area contributed by atoms with Gasteiger partial charge in [0.15, 0.2) is 0 Å². The van der Waals surface area contributed by atoms with Crippen molar-refractivity contribution in [3.8, 4) is 11.1 Å². The van der Waals surface area contributed by atoms with Crippen LogP contribution in [-0.2, 0) is 0 Å². The Morgan fingerprint density at radius 1 is 0.875 bits per heavy atom. The van der Waals surface area contributed by atoms with Crippen molar-refractivity contribution in [1.82, 2.24) is 0 Å². The van der Waals surface area contributed by atoms with Crippen LogP contribution in [0.3, 0.4) is 0 Å². The van der Waals surface area contributed by atoms with Crippen molar-refractivity contribution in [2.45, 2.75) is 6.10 Å². The number of hydrogen-bond acceptors (Lipinski definition) is 2. The summed E-state index contributed by atoms with van der Waals surface area (Å²) < 4.78 is 0. The SMILES string of the molecule is OCC(O)c1ccccc1-c1ccccc1. The van der Waals surface area contributed by atoms with Gasteiger partial charge in [-0.2, -0.15) is 0 Å². The zero-order valence-corrected chi connectivity index (χ0v) is 8.88. The van der Waals surface area contributed by atoms with Gasteiger partial charge in [-0.3, -0.25) is 0 Å². The van der Waals surface area contributed by atoms with E-state index in [1.54, 1.807) is 0 Å². The molecular formula is C14H14O2. The summed E-state index contributed by atoms with van der Waals surface area (Å²) in [6.07, 6.45) is -0.823. The van der Waals surface area contributed by atoms with Gasteiger partial charge in [0.1, 0.15) is 6.10 Å². The average molecular weight is 214 g/mol. The van der Waals surface area contributed by atoms with E-state index in [1.807, 2.05) is 54.6 Å². The van der Waals surface area contributed by atoms with Crippen LogP contribution in [0.1, 0.15) is 11.7 Å². The van der Waals surface area contributed by atoms with Crippen LogP contribution in [0.15, 0.2) is 54.6 Å². The van der Waals surface area contributed by atoms with Gasteiger partial charge in [-0.1, -0.05) is 54.6 Å². The summed E-state index contributed by atoms with van der Waals surface area (Å²) in [5.41, 5.74) is 2.77. The lowest BCUT2D eigenvalue weighted by atomic mass is 9.96. The summed E-state index contributed by atoms with van der Waals surface area (Å²) in [7, 11) is 0. The third-order valence-electron chi connectivity index (χ3n) is 2.58. The van der Waals surface area contributed by atoms with Crippen molar-refractivity contribution in [2.75, 3.05) is 6.61 Å². The highest BCUT2D eigenvalue weighted by Gasteiger charge is 2.11. The molecular weight excluding hydrogens is 200 g/mol. The lowest BCUT2D eigenvalue weighted by molar-refractivity contribution is 0.0960. The van der Waals surface area contributed by atoms with Crippen LogP contribution < -0.4 is 0 Å². The molecule has 16 heavy (non-hydrogen) atoms. The molecule has 0 aliphatic carbocycles. The zero-order valence-electron chi connectivity index (χ0n) is 8.88. The van der Waals surface area contributed by atoms with Gasteiger partial charge in [0.05, 0.1) is 6.61 Å². The largest absolute Gasteiger partial charge is 0.393 e. The van der Waals surface area contributed by atoms with E-state index in [4.69, 9.17) is 5.11 Å². The molecule has 0 saturated heterocycles. The van der Waals surface area contributed by atoms with E-state index in [-0.39, 0.29) is 6.61 Å². The smallest absolute Gasteiger partial charge is 0.103 e. The van der Waals surface area contributed by atoms with E-state index < -0.39 is 6.10 Å². The predicted octanol–water partition coefficient (Wildman–Crippen LogP) is 2.38. The van der Waals surface area contributed by atoms with Crippen LogP contribution in [0.25, 0.3) is 11.1 Å². The summed E-state index contributed by atoms with van der Waals surface area (Å²) >= 11 is 0. The molecule has 0 spiro atoms. The van der Waals surface area contributed by atoms with Gasteiger partial charge in [-0.25, -0.2) is 0 Å². The molecule has 0 saturated carbocycles. The normalized spacial score (nSPS) is 12.4. The summed E-state index contributed by atoms with van der Waals surface area (Å²) in [6.45, 7) is -0.260. The van der Waals surface area contributed by atoms with E-state index in [2.05, 4.69) is 0 Å². The summed E-state index contributed by atoms with van der Waals surface area (Å²) in [5.74, 6) is 0.